The number of carbonyl (C=O) groups excluding carboxylic acids is 1. The van der Waals surface area contributed by atoms with Crippen molar-refractivity contribution in [1.82, 2.24) is 5.32 Å². The molecular formula is C18H18FNO2. The van der Waals surface area contributed by atoms with E-state index in [0.717, 1.165) is 16.9 Å². The van der Waals surface area contributed by atoms with Crippen LogP contribution in [0, 0.1) is 5.82 Å². The molecule has 2 aromatic carbocycles. The summed E-state index contributed by atoms with van der Waals surface area (Å²) < 4.78 is 18.1. The molecule has 0 saturated carbocycles. The van der Waals surface area contributed by atoms with Gasteiger partial charge in [-0.05, 0) is 36.8 Å². The summed E-state index contributed by atoms with van der Waals surface area (Å²) in [6, 6.07) is 13.3. The number of methoxy groups -OCH3 is 1. The molecule has 0 saturated heterocycles. The molecule has 22 heavy (non-hydrogen) atoms. The Labute approximate surface area is 129 Å². The summed E-state index contributed by atoms with van der Waals surface area (Å²) in [6.45, 7) is 1.89. The van der Waals surface area contributed by atoms with Gasteiger partial charge in [-0.3, -0.25) is 4.79 Å². The quantitative estimate of drug-likeness (QED) is 0.854. The normalized spacial score (nSPS) is 12.1. The second-order valence-electron chi connectivity index (χ2n) is 4.86. The van der Waals surface area contributed by atoms with Crippen LogP contribution < -0.4 is 10.1 Å². The molecule has 0 radical (unpaired) electrons. The highest BCUT2D eigenvalue weighted by molar-refractivity contribution is 5.92. The van der Waals surface area contributed by atoms with Crippen molar-refractivity contribution in [2.24, 2.45) is 0 Å². The van der Waals surface area contributed by atoms with Gasteiger partial charge in [0.1, 0.15) is 11.6 Å². The second kappa shape index (κ2) is 7.41. The monoisotopic (exact) mass is 299 g/mol. The average Bonchev–Trinajstić information content (AvgIpc) is 2.54. The topological polar surface area (TPSA) is 38.3 Å². The molecule has 0 unspecified atom stereocenters. The minimum Gasteiger partial charge on any atom is -0.496 e. The Balaban J connectivity index is 2.00. The summed E-state index contributed by atoms with van der Waals surface area (Å²) in [6.07, 6.45) is 3.07. The number of halogens is 1. The van der Waals surface area contributed by atoms with E-state index in [0.29, 0.717) is 0 Å². The van der Waals surface area contributed by atoms with Crippen molar-refractivity contribution in [2.45, 2.75) is 13.0 Å². The van der Waals surface area contributed by atoms with Crippen molar-refractivity contribution in [3.8, 4) is 5.75 Å². The lowest BCUT2D eigenvalue weighted by Crippen LogP contribution is -2.24. The minimum atomic E-state index is -0.300. The predicted molar refractivity (Wildman–Crippen MR) is 85.0 cm³/mol. The van der Waals surface area contributed by atoms with Gasteiger partial charge in [0.15, 0.2) is 0 Å². The zero-order chi connectivity index (χ0) is 15.9. The lowest BCUT2D eigenvalue weighted by atomic mass is 10.1. The van der Waals surface area contributed by atoms with E-state index in [-0.39, 0.29) is 17.8 Å². The Bertz CT molecular complexity index is 665. The first-order chi connectivity index (χ1) is 10.6. The van der Waals surface area contributed by atoms with Crippen LogP contribution in [-0.2, 0) is 4.79 Å². The molecule has 114 valence electrons. The summed E-state index contributed by atoms with van der Waals surface area (Å²) in [5, 5.41) is 2.87. The van der Waals surface area contributed by atoms with E-state index in [1.165, 1.54) is 18.2 Å². The fourth-order valence-electron chi connectivity index (χ4n) is 2.11. The highest BCUT2D eigenvalue weighted by Gasteiger charge is 2.11. The molecule has 0 aliphatic carbocycles. The lowest BCUT2D eigenvalue weighted by molar-refractivity contribution is -0.117. The van der Waals surface area contributed by atoms with E-state index < -0.39 is 0 Å². The second-order valence-corrected chi connectivity index (χ2v) is 4.86. The molecule has 0 fully saturated rings. The fourth-order valence-corrected chi connectivity index (χ4v) is 2.11. The third-order valence-electron chi connectivity index (χ3n) is 3.26. The van der Waals surface area contributed by atoms with E-state index in [2.05, 4.69) is 5.32 Å². The van der Waals surface area contributed by atoms with Crippen LogP contribution in [0.4, 0.5) is 4.39 Å². The maximum Gasteiger partial charge on any atom is 0.244 e. The molecule has 0 heterocycles. The van der Waals surface area contributed by atoms with Crippen molar-refractivity contribution >= 4 is 12.0 Å². The number of para-hydroxylation sites is 1. The zero-order valence-electron chi connectivity index (χ0n) is 12.5. The molecule has 1 amide bonds. The van der Waals surface area contributed by atoms with Crippen LogP contribution in [0.2, 0.25) is 0 Å². The van der Waals surface area contributed by atoms with Crippen LogP contribution in [0.25, 0.3) is 6.08 Å². The Morgan fingerprint density at radius 1 is 1.18 bits per heavy atom. The molecule has 0 aliphatic rings. The van der Waals surface area contributed by atoms with E-state index >= 15 is 0 Å². The SMILES string of the molecule is COc1ccccc1[C@H](C)NC(=O)/C=C/c1ccc(F)cc1. The number of ether oxygens (including phenoxy) is 1. The maximum absolute atomic E-state index is 12.8. The molecule has 1 N–H and O–H groups in total. The molecule has 0 spiro atoms. The number of benzene rings is 2. The van der Waals surface area contributed by atoms with E-state index in [9.17, 15) is 9.18 Å². The minimum absolute atomic E-state index is 0.179. The van der Waals surface area contributed by atoms with Crippen molar-refractivity contribution in [2.75, 3.05) is 7.11 Å². The Morgan fingerprint density at radius 2 is 1.86 bits per heavy atom. The molecule has 0 aromatic heterocycles. The van der Waals surface area contributed by atoms with Gasteiger partial charge in [-0.2, -0.15) is 0 Å². The third-order valence-corrected chi connectivity index (χ3v) is 3.26. The van der Waals surface area contributed by atoms with Crippen LogP contribution in [0.5, 0.6) is 5.75 Å². The van der Waals surface area contributed by atoms with E-state index in [1.807, 2.05) is 31.2 Å². The van der Waals surface area contributed by atoms with Gasteiger partial charge in [-0.25, -0.2) is 4.39 Å². The largest absolute Gasteiger partial charge is 0.496 e. The highest BCUT2D eigenvalue weighted by Crippen LogP contribution is 2.24. The van der Waals surface area contributed by atoms with Gasteiger partial charge in [0.2, 0.25) is 5.91 Å². The number of rotatable bonds is 5. The number of nitrogens with one attached hydrogen (secondary N) is 1. The van der Waals surface area contributed by atoms with Crippen molar-refractivity contribution in [3.05, 3.63) is 71.6 Å². The molecule has 2 rings (SSSR count). The van der Waals surface area contributed by atoms with Crippen LogP contribution in [-0.4, -0.2) is 13.0 Å². The molecule has 3 nitrogen and oxygen atoms in total. The van der Waals surface area contributed by atoms with Gasteiger partial charge in [0.05, 0.1) is 13.2 Å². The van der Waals surface area contributed by atoms with Gasteiger partial charge in [-0.1, -0.05) is 30.3 Å². The zero-order valence-corrected chi connectivity index (χ0v) is 12.5. The molecular weight excluding hydrogens is 281 g/mol. The first kappa shape index (κ1) is 15.8. The van der Waals surface area contributed by atoms with Crippen LogP contribution in [0.3, 0.4) is 0 Å². The van der Waals surface area contributed by atoms with Crippen molar-refractivity contribution < 1.29 is 13.9 Å². The van der Waals surface area contributed by atoms with E-state index in [1.54, 1.807) is 25.3 Å². The van der Waals surface area contributed by atoms with Crippen LogP contribution >= 0.6 is 0 Å². The Hall–Kier alpha value is -2.62. The number of hydrogen-bond acceptors (Lipinski definition) is 2. The summed E-state index contributed by atoms with van der Waals surface area (Å²) in [5.74, 6) is 0.215. The smallest absolute Gasteiger partial charge is 0.244 e. The summed E-state index contributed by atoms with van der Waals surface area (Å²) >= 11 is 0. The standard InChI is InChI=1S/C18H18FNO2/c1-13(16-5-3-4-6-17(16)22-2)20-18(21)12-9-14-7-10-15(19)11-8-14/h3-13H,1-2H3,(H,20,21)/b12-9+/t13-/m0/s1. The fraction of sp³-hybridized carbons (Fsp3) is 0.167. The molecule has 1 atom stereocenters. The predicted octanol–water partition coefficient (Wildman–Crippen LogP) is 3.72. The molecule has 0 aliphatic heterocycles. The third kappa shape index (κ3) is 4.19. The van der Waals surface area contributed by atoms with E-state index in [4.69, 9.17) is 4.74 Å². The van der Waals surface area contributed by atoms with Crippen molar-refractivity contribution in [1.29, 1.82) is 0 Å². The maximum atomic E-state index is 12.8. The molecule has 2 aromatic rings. The Kier molecular flexibility index (Phi) is 5.31. The van der Waals surface area contributed by atoms with Crippen LogP contribution in [0.15, 0.2) is 54.6 Å². The highest BCUT2D eigenvalue weighted by atomic mass is 19.1. The first-order valence-electron chi connectivity index (χ1n) is 6.97. The lowest BCUT2D eigenvalue weighted by Gasteiger charge is -2.16. The van der Waals surface area contributed by atoms with Gasteiger partial charge in [-0.15, -0.1) is 0 Å². The van der Waals surface area contributed by atoms with Crippen molar-refractivity contribution in [3.63, 3.8) is 0 Å². The number of carbonyl (C=O) groups is 1. The number of hydrogen-bond donors (Lipinski definition) is 1. The summed E-state index contributed by atoms with van der Waals surface area (Å²) in [5.41, 5.74) is 1.68. The number of amides is 1. The average molecular weight is 299 g/mol. The summed E-state index contributed by atoms with van der Waals surface area (Å²) in [7, 11) is 1.60. The van der Waals surface area contributed by atoms with Gasteiger partial charge < -0.3 is 10.1 Å². The molecule has 4 heteroatoms. The summed E-state index contributed by atoms with van der Waals surface area (Å²) in [4.78, 5) is 12.0. The molecule has 0 bridgehead atoms. The van der Waals surface area contributed by atoms with Gasteiger partial charge in [0, 0.05) is 11.6 Å². The van der Waals surface area contributed by atoms with Crippen LogP contribution in [0.1, 0.15) is 24.1 Å². The first-order valence-corrected chi connectivity index (χ1v) is 6.97. The van der Waals surface area contributed by atoms with Gasteiger partial charge in [0.25, 0.3) is 0 Å². The Morgan fingerprint density at radius 3 is 2.55 bits per heavy atom. The van der Waals surface area contributed by atoms with Gasteiger partial charge >= 0.3 is 0 Å².